The highest BCUT2D eigenvalue weighted by atomic mass is 35.5. The van der Waals surface area contributed by atoms with Gasteiger partial charge >= 0.3 is 0 Å². The van der Waals surface area contributed by atoms with Gasteiger partial charge in [-0.05, 0) is 35.7 Å². The number of carbonyl (C=O) groups excluding carboxylic acids is 2. The number of hydrogen-bond donors (Lipinski definition) is 1. The fourth-order valence-electron chi connectivity index (χ4n) is 4.72. The Balaban J connectivity index is 1.72. The second-order valence-electron chi connectivity index (χ2n) is 7.54. The lowest BCUT2D eigenvalue weighted by Gasteiger charge is -2.45. The Morgan fingerprint density at radius 2 is 1.53 bits per heavy atom. The van der Waals surface area contributed by atoms with Gasteiger partial charge in [0.25, 0.3) is 5.91 Å². The summed E-state index contributed by atoms with van der Waals surface area (Å²) >= 11 is 6.27. The molecule has 1 N–H and O–H groups in total. The minimum atomic E-state index is -1.38. The highest BCUT2D eigenvalue weighted by Crippen LogP contribution is 2.49. The number of Topliss-reactive ketones (excluding diaryl/α,β-unsaturated/α-hetero) is 1. The molecule has 6 rings (SSSR count). The van der Waals surface area contributed by atoms with E-state index < -0.39 is 5.66 Å². The molecule has 1 spiro atoms. The number of amides is 1. The molecule has 0 bridgehead atoms. The van der Waals surface area contributed by atoms with Gasteiger partial charge in [-0.2, -0.15) is 0 Å². The average molecular weight is 411 g/mol. The van der Waals surface area contributed by atoms with Gasteiger partial charge < -0.3 is 5.32 Å². The first kappa shape index (κ1) is 17.2. The Morgan fingerprint density at radius 3 is 2.37 bits per heavy atom. The van der Waals surface area contributed by atoms with Crippen LogP contribution >= 0.6 is 11.6 Å². The molecule has 1 unspecified atom stereocenters. The maximum Gasteiger partial charge on any atom is 0.262 e. The second kappa shape index (κ2) is 5.94. The van der Waals surface area contributed by atoms with Crippen molar-refractivity contribution in [3.8, 4) is 0 Å². The smallest absolute Gasteiger partial charge is 0.262 e. The second-order valence-corrected chi connectivity index (χ2v) is 7.98. The predicted octanol–water partition coefficient (Wildman–Crippen LogP) is 5.61. The van der Waals surface area contributed by atoms with Gasteiger partial charge in [0.2, 0.25) is 11.4 Å². The zero-order valence-corrected chi connectivity index (χ0v) is 16.5. The Labute approximate surface area is 177 Å². The molecule has 4 nitrogen and oxygen atoms in total. The van der Waals surface area contributed by atoms with E-state index in [4.69, 9.17) is 11.6 Å². The lowest BCUT2D eigenvalue weighted by Crippen LogP contribution is -2.61. The Bertz CT molecular complexity index is 1390. The SMILES string of the molecule is O=C1c2ccccc2NC2(C(=O)c3cccc4cccc2c34)N1c1cccc(Cl)c1. The van der Waals surface area contributed by atoms with Gasteiger partial charge in [-0.1, -0.05) is 66.2 Å². The van der Waals surface area contributed by atoms with Gasteiger partial charge in [0.05, 0.1) is 5.56 Å². The molecule has 5 heteroatoms. The van der Waals surface area contributed by atoms with Gasteiger partial charge in [0.15, 0.2) is 0 Å². The third-order valence-electron chi connectivity index (χ3n) is 5.95. The number of para-hydroxylation sites is 1. The van der Waals surface area contributed by atoms with Gasteiger partial charge in [0, 0.05) is 32.9 Å². The molecule has 1 heterocycles. The zero-order chi connectivity index (χ0) is 20.5. The Morgan fingerprint density at radius 1 is 0.800 bits per heavy atom. The van der Waals surface area contributed by atoms with Crippen LogP contribution in [0.25, 0.3) is 10.8 Å². The number of nitrogens with zero attached hydrogens (tertiary/aromatic N) is 1. The van der Waals surface area contributed by atoms with Crippen molar-refractivity contribution in [3.63, 3.8) is 0 Å². The van der Waals surface area contributed by atoms with E-state index in [1.807, 2.05) is 54.6 Å². The van der Waals surface area contributed by atoms with E-state index in [0.717, 1.165) is 16.3 Å². The van der Waals surface area contributed by atoms with E-state index in [2.05, 4.69) is 5.32 Å². The van der Waals surface area contributed by atoms with Crippen molar-refractivity contribution in [2.75, 3.05) is 10.2 Å². The molecular weight excluding hydrogens is 396 g/mol. The molecule has 144 valence electrons. The van der Waals surface area contributed by atoms with Crippen molar-refractivity contribution < 1.29 is 9.59 Å². The van der Waals surface area contributed by atoms with Gasteiger partial charge in [-0.3, -0.25) is 14.5 Å². The van der Waals surface area contributed by atoms with Crippen LogP contribution in [-0.2, 0) is 5.66 Å². The van der Waals surface area contributed by atoms with Crippen LogP contribution in [0.4, 0.5) is 11.4 Å². The lowest BCUT2D eigenvalue weighted by molar-refractivity contribution is 0.0840. The first-order valence-corrected chi connectivity index (χ1v) is 10.0. The minimum absolute atomic E-state index is 0.155. The van der Waals surface area contributed by atoms with E-state index in [0.29, 0.717) is 27.5 Å². The van der Waals surface area contributed by atoms with Crippen molar-refractivity contribution in [3.05, 3.63) is 107 Å². The van der Waals surface area contributed by atoms with E-state index >= 15 is 0 Å². The van der Waals surface area contributed by atoms with Crippen LogP contribution < -0.4 is 10.2 Å². The number of fused-ring (bicyclic) bond motifs is 2. The summed E-state index contributed by atoms with van der Waals surface area (Å²) in [5.74, 6) is -0.401. The summed E-state index contributed by atoms with van der Waals surface area (Å²) in [4.78, 5) is 29.3. The van der Waals surface area contributed by atoms with E-state index in [1.165, 1.54) is 0 Å². The fraction of sp³-hybridized carbons (Fsp3) is 0.0400. The molecule has 4 aromatic carbocycles. The Kier molecular flexibility index (Phi) is 3.41. The summed E-state index contributed by atoms with van der Waals surface area (Å²) in [6, 6.07) is 25.8. The maximum absolute atomic E-state index is 14.0. The normalized spacial score (nSPS) is 19.3. The van der Waals surface area contributed by atoms with Gasteiger partial charge in [0.1, 0.15) is 0 Å². The molecule has 0 radical (unpaired) electrons. The number of nitrogens with one attached hydrogen (secondary N) is 1. The highest BCUT2D eigenvalue weighted by molar-refractivity contribution is 6.31. The quantitative estimate of drug-likeness (QED) is 0.443. The first-order valence-electron chi connectivity index (χ1n) is 9.65. The largest absolute Gasteiger partial charge is 0.351 e. The monoisotopic (exact) mass is 410 g/mol. The van der Waals surface area contributed by atoms with E-state index in [-0.39, 0.29) is 11.7 Å². The molecule has 0 fully saturated rings. The molecule has 0 saturated heterocycles. The van der Waals surface area contributed by atoms with Crippen molar-refractivity contribution >= 4 is 45.4 Å². The minimum Gasteiger partial charge on any atom is -0.351 e. The van der Waals surface area contributed by atoms with Gasteiger partial charge in [-0.15, -0.1) is 0 Å². The van der Waals surface area contributed by atoms with E-state index in [9.17, 15) is 9.59 Å². The molecule has 1 atom stereocenters. The summed E-state index contributed by atoms with van der Waals surface area (Å²) in [6.07, 6.45) is 0. The van der Waals surface area contributed by atoms with Crippen LogP contribution in [0.3, 0.4) is 0 Å². The number of benzene rings is 4. The first-order chi connectivity index (χ1) is 14.6. The summed E-state index contributed by atoms with van der Waals surface area (Å²) in [7, 11) is 0. The van der Waals surface area contributed by atoms with Gasteiger partial charge in [-0.25, -0.2) is 0 Å². The highest BCUT2D eigenvalue weighted by Gasteiger charge is 2.57. The predicted molar refractivity (Wildman–Crippen MR) is 118 cm³/mol. The summed E-state index contributed by atoms with van der Waals surface area (Å²) < 4.78 is 0. The lowest BCUT2D eigenvalue weighted by atomic mass is 9.91. The van der Waals surface area contributed by atoms with Crippen LogP contribution in [-0.4, -0.2) is 11.7 Å². The fourth-order valence-corrected chi connectivity index (χ4v) is 4.91. The summed E-state index contributed by atoms with van der Waals surface area (Å²) in [5.41, 5.74) is 1.71. The molecule has 1 aliphatic carbocycles. The number of hydrogen-bond acceptors (Lipinski definition) is 3. The number of anilines is 2. The van der Waals surface area contributed by atoms with Crippen molar-refractivity contribution in [2.45, 2.75) is 5.66 Å². The van der Waals surface area contributed by atoms with Crippen LogP contribution in [0, 0.1) is 0 Å². The summed E-state index contributed by atoms with van der Waals surface area (Å²) in [6.45, 7) is 0. The molecule has 0 saturated carbocycles. The molecule has 0 aromatic heterocycles. The summed E-state index contributed by atoms with van der Waals surface area (Å²) in [5, 5.41) is 5.77. The van der Waals surface area contributed by atoms with Crippen LogP contribution in [0.2, 0.25) is 5.02 Å². The average Bonchev–Trinajstić information content (AvgIpc) is 2.99. The van der Waals surface area contributed by atoms with Crippen LogP contribution in [0.15, 0.2) is 84.9 Å². The van der Waals surface area contributed by atoms with Crippen molar-refractivity contribution in [2.24, 2.45) is 0 Å². The molecule has 1 aliphatic heterocycles. The molecule has 4 aromatic rings. The van der Waals surface area contributed by atoms with E-state index in [1.54, 1.807) is 35.2 Å². The number of ketones is 1. The van der Waals surface area contributed by atoms with Crippen LogP contribution in [0.1, 0.15) is 26.3 Å². The molecule has 2 aliphatic rings. The maximum atomic E-state index is 14.0. The van der Waals surface area contributed by atoms with Crippen LogP contribution in [0.5, 0.6) is 0 Å². The zero-order valence-electron chi connectivity index (χ0n) is 15.7. The standard InChI is InChI=1S/C25H15ClN2O2/c26-16-8-5-9-17(14-16)28-24(30)18-10-1-2-13-21(18)27-25(28)20-12-4-7-15-6-3-11-19(22(15)20)23(25)29/h1-14,27H. The third kappa shape index (κ3) is 2.06. The number of rotatable bonds is 1. The molecule has 1 amide bonds. The van der Waals surface area contributed by atoms with Crippen molar-refractivity contribution in [1.82, 2.24) is 0 Å². The Hall–Kier alpha value is -3.63. The topological polar surface area (TPSA) is 49.4 Å². The third-order valence-corrected chi connectivity index (χ3v) is 6.18. The number of halogens is 1. The molecule has 30 heavy (non-hydrogen) atoms. The number of carbonyl (C=O) groups is 2. The van der Waals surface area contributed by atoms with Crippen molar-refractivity contribution in [1.29, 1.82) is 0 Å². The molecular formula is C25H15ClN2O2.